The number of nitrogens with one attached hydrogen (secondary N) is 1. The molecule has 1 atom stereocenters. The summed E-state index contributed by atoms with van der Waals surface area (Å²) in [5.74, 6) is 0.743. The Morgan fingerprint density at radius 3 is 2.41 bits per heavy atom. The number of nitrogens with zero attached hydrogens (tertiary/aromatic N) is 2. The molecule has 118 valence electrons. The van der Waals surface area contributed by atoms with Crippen LogP contribution in [0.5, 0.6) is 0 Å². The molecule has 0 aromatic heterocycles. The normalized spacial score (nSPS) is 27.0. The first-order chi connectivity index (χ1) is 10.8. The Hall–Kier alpha value is -1.55. The number of hydrogen-bond donors (Lipinski definition) is 1. The van der Waals surface area contributed by atoms with Crippen LogP contribution in [0.2, 0.25) is 0 Å². The van der Waals surface area contributed by atoms with Gasteiger partial charge < -0.3 is 15.1 Å². The molecule has 22 heavy (non-hydrogen) atoms. The largest absolute Gasteiger partial charge is 0.368 e. The first-order valence-corrected chi connectivity index (χ1v) is 8.58. The Bertz CT molecular complexity index is 531. The molecule has 1 amide bonds. The highest BCUT2D eigenvalue weighted by Crippen LogP contribution is 2.59. The zero-order valence-electron chi connectivity index (χ0n) is 13.1. The molecule has 1 saturated carbocycles. The number of piperazine rings is 1. The van der Waals surface area contributed by atoms with Crippen molar-refractivity contribution < 1.29 is 4.79 Å². The Balaban J connectivity index is 1.33. The van der Waals surface area contributed by atoms with Gasteiger partial charge in [-0.3, -0.25) is 4.79 Å². The summed E-state index contributed by atoms with van der Waals surface area (Å²) in [4.78, 5) is 17.3. The number of anilines is 1. The molecule has 1 aromatic rings. The highest BCUT2D eigenvalue weighted by atomic mass is 16.2. The average Bonchev–Trinajstić information content (AvgIpc) is 3.29. The van der Waals surface area contributed by atoms with Gasteiger partial charge >= 0.3 is 0 Å². The number of benzene rings is 1. The average molecular weight is 299 g/mol. The smallest absolute Gasteiger partial charge is 0.226 e. The van der Waals surface area contributed by atoms with E-state index in [-0.39, 0.29) is 0 Å². The molecule has 2 aliphatic heterocycles. The predicted octanol–water partition coefficient (Wildman–Crippen LogP) is 1.72. The van der Waals surface area contributed by atoms with Crippen LogP contribution in [0.4, 0.5) is 5.69 Å². The van der Waals surface area contributed by atoms with Gasteiger partial charge in [0.15, 0.2) is 0 Å². The molecule has 4 heteroatoms. The van der Waals surface area contributed by atoms with E-state index in [1.165, 1.54) is 18.5 Å². The number of hydrogen-bond acceptors (Lipinski definition) is 3. The fourth-order valence-corrected chi connectivity index (χ4v) is 4.22. The topological polar surface area (TPSA) is 35.6 Å². The Morgan fingerprint density at radius 1 is 1.05 bits per heavy atom. The summed E-state index contributed by atoms with van der Waals surface area (Å²) >= 11 is 0. The molecular weight excluding hydrogens is 274 g/mol. The summed E-state index contributed by atoms with van der Waals surface area (Å²) in [6.07, 6.45) is 3.51. The van der Waals surface area contributed by atoms with Gasteiger partial charge in [-0.2, -0.15) is 0 Å². The van der Waals surface area contributed by atoms with Gasteiger partial charge in [0.25, 0.3) is 0 Å². The maximum absolute atomic E-state index is 12.8. The van der Waals surface area contributed by atoms with Gasteiger partial charge in [0.05, 0.1) is 0 Å². The van der Waals surface area contributed by atoms with Gasteiger partial charge in [0.1, 0.15) is 0 Å². The van der Waals surface area contributed by atoms with Crippen molar-refractivity contribution in [1.29, 1.82) is 0 Å². The lowest BCUT2D eigenvalue weighted by Crippen LogP contribution is -2.49. The van der Waals surface area contributed by atoms with E-state index in [2.05, 4.69) is 45.4 Å². The van der Waals surface area contributed by atoms with Gasteiger partial charge in [0, 0.05) is 37.8 Å². The number of para-hydroxylation sites is 1. The molecule has 4 nitrogen and oxygen atoms in total. The molecule has 2 heterocycles. The number of carbonyl (C=O) groups is 1. The predicted molar refractivity (Wildman–Crippen MR) is 87.9 cm³/mol. The Morgan fingerprint density at radius 2 is 1.73 bits per heavy atom. The van der Waals surface area contributed by atoms with Crippen LogP contribution < -0.4 is 10.2 Å². The Kier molecular flexibility index (Phi) is 3.57. The quantitative estimate of drug-likeness (QED) is 0.903. The van der Waals surface area contributed by atoms with Crippen molar-refractivity contribution in [2.24, 2.45) is 11.3 Å². The molecule has 1 N–H and O–H groups in total. The van der Waals surface area contributed by atoms with Crippen molar-refractivity contribution in [3.05, 3.63) is 30.3 Å². The zero-order chi connectivity index (χ0) is 15.0. The second kappa shape index (κ2) is 5.58. The van der Waals surface area contributed by atoms with Crippen LogP contribution in [0.25, 0.3) is 0 Å². The molecule has 0 unspecified atom stereocenters. The van der Waals surface area contributed by atoms with Crippen molar-refractivity contribution in [2.75, 3.05) is 44.2 Å². The third kappa shape index (κ3) is 2.50. The van der Waals surface area contributed by atoms with E-state index >= 15 is 0 Å². The molecule has 4 rings (SSSR count). The molecule has 0 bridgehead atoms. The van der Waals surface area contributed by atoms with Gasteiger partial charge in [-0.25, -0.2) is 0 Å². The van der Waals surface area contributed by atoms with E-state index < -0.39 is 0 Å². The van der Waals surface area contributed by atoms with E-state index in [9.17, 15) is 4.79 Å². The first kappa shape index (κ1) is 14.1. The van der Waals surface area contributed by atoms with E-state index in [4.69, 9.17) is 0 Å². The van der Waals surface area contributed by atoms with Crippen LogP contribution in [-0.2, 0) is 4.79 Å². The van der Waals surface area contributed by atoms with Crippen molar-refractivity contribution >= 4 is 11.6 Å². The third-order valence-electron chi connectivity index (χ3n) is 5.80. The highest BCUT2D eigenvalue weighted by Gasteiger charge is 2.58. The van der Waals surface area contributed by atoms with E-state index in [0.717, 1.165) is 45.7 Å². The summed E-state index contributed by atoms with van der Waals surface area (Å²) in [5.41, 5.74) is 1.63. The molecule has 3 aliphatic rings. The second-order valence-corrected chi connectivity index (χ2v) is 7.02. The van der Waals surface area contributed by atoms with Crippen LogP contribution >= 0.6 is 0 Å². The number of rotatable bonds is 2. The summed E-state index contributed by atoms with van der Waals surface area (Å²) in [6.45, 7) is 5.84. The lowest BCUT2D eigenvalue weighted by atomic mass is 9.91. The monoisotopic (exact) mass is 299 g/mol. The van der Waals surface area contributed by atoms with Crippen molar-refractivity contribution in [1.82, 2.24) is 10.2 Å². The van der Waals surface area contributed by atoms with Crippen LogP contribution in [0.15, 0.2) is 30.3 Å². The van der Waals surface area contributed by atoms with Crippen molar-refractivity contribution in [2.45, 2.75) is 19.3 Å². The summed E-state index contributed by atoms with van der Waals surface area (Å²) < 4.78 is 0. The number of piperidine rings is 1. The SMILES string of the molecule is O=C([C@H]1CC12CCNCC2)N1CCN(c2ccccc2)CC1. The maximum Gasteiger partial charge on any atom is 0.226 e. The van der Waals surface area contributed by atoms with Gasteiger partial charge in [0.2, 0.25) is 5.91 Å². The van der Waals surface area contributed by atoms with Gasteiger partial charge in [-0.15, -0.1) is 0 Å². The second-order valence-electron chi connectivity index (χ2n) is 7.02. The molecular formula is C18H25N3O. The van der Waals surface area contributed by atoms with Crippen molar-refractivity contribution in [3.8, 4) is 0 Å². The summed E-state index contributed by atoms with van der Waals surface area (Å²) in [7, 11) is 0. The molecule has 2 saturated heterocycles. The minimum absolute atomic E-state index is 0.317. The van der Waals surface area contributed by atoms with E-state index in [1.54, 1.807) is 0 Å². The summed E-state index contributed by atoms with van der Waals surface area (Å²) in [6, 6.07) is 10.5. The lowest BCUT2D eigenvalue weighted by Gasteiger charge is -2.37. The molecule has 0 radical (unpaired) electrons. The fourth-order valence-electron chi connectivity index (χ4n) is 4.22. The zero-order valence-corrected chi connectivity index (χ0v) is 13.1. The summed E-state index contributed by atoms with van der Waals surface area (Å²) in [5, 5.41) is 3.41. The number of amides is 1. The van der Waals surface area contributed by atoms with Crippen LogP contribution in [0.3, 0.4) is 0 Å². The first-order valence-electron chi connectivity index (χ1n) is 8.58. The van der Waals surface area contributed by atoms with Crippen LogP contribution in [0, 0.1) is 11.3 Å². The van der Waals surface area contributed by atoms with Gasteiger partial charge in [-0.1, -0.05) is 18.2 Å². The molecule has 1 aliphatic carbocycles. The van der Waals surface area contributed by atoms with E-state index in [1.807, 2.05) is 0 Å². The van der Waals surface area contributed by atoms with Crippen LogP contribution in [-0.4, -0.2) is 50.1 Å². The Labute approximate surface area is 132 Å². The standard InChI is InChI=1S/C18H25N3O/c22-17(16-14-18(16)6-8-19-9-7-18)21-12-10-20(11-13-21)15-4-2-1-3-5-15/h1-5,16,19H,6-14H2/t16-/m1/s1. The number of carbonyl (C=O) groups excluding carboxylic acids is 1. The van der Waals surface area contributed by atoms with Crippen molar-refractivity contribution in [3.63, 3.8) is 0 Å². The minimum Gasteiger partial charge on any atom is -0.368 e. The van der Waals surface area contributed by atoms with Crippen LogP contribution in [0.1, 0.15) is 19.3 Å². The minimum atomic E-state index is 0.317. The highest BCUT2D eigenvalue weighted by molar-refractivity contribution is 5.83. The third-order valence-corrected chi connectivity index (χ3v) is 5.80. The molecule has 1 aromatic carbocycles. The lowest BCUT2D eigenvalue weighted by molar-refractivity contribution is -0.133. The van der Waals surface area contributed by atoms with E-state index in [0.29, 0.717) is 17.2 Å². The maximum atomic E-state index is 12.8. The molecule has 3 fully saturated rings. The molecule has 1 spiro atoms. The van der Waals surface area contributed by atoms with Gasteiger partial charge in [-0.05, 0) is 49.9 Å². The fraction of sp³-hybridized carbons (Fsp3) is 0.611.